The SMILES string of the molecule is COc1cc(C2C3=C(CC(C)(C)CC3=O)N(CCC(=O)O)C3=C2C(=O)CC(C)(C)C3)cc(I)c1OCC(=O)O. The summed E-state index contributed by atoms with van der Waals surface area (Å²) in [7, 11) is 1.45. The predicted molar refractivity (Wildman–Crippen MR) is 151 cm³/mol. The van der Waals surface area contributed by atoms with Crippen LogP contribution in [0.5, 0.6) is 11.5 Å². The number of aliphatic carboxylic acids is 2. The molecule has 0 amide bonds. The van der Waals surface area contributed by atoms with E-state index in [1.165, 1.54) is 7.11 Å². The highest BCUT2D eigenvalue weighted by atomic mass is 127. The van der Waals surface area contributed by atoms with Gasteiger partial charge in [0.25, 0.3) is 0 Å². The van der Waals surface area contributed by atoms with Gasteiger partial charge in [0, 0.05) is 47.8 Å². The molecule has 0 fully saturated rings. The van der Waals surface area contributed by atoms with Crippen molar-refractivity contribution in [2.45, 2.75) is 65.7 Å². The van der Waals surface area contributed by atoms with Gasteiger partial charge >= 0.3 is 11.9 Å². The molecule has 0 bridgehead atoms. The molecule has 3 aliphatic rings. The number of methoxy groups -OCH3 is 1. The highest BCUT2D eigenvalue weighted by Crippen LogP contribution is 2.55. The number of nitrogens with zero attached hydrogens (tertiary/aromatic N) is 1. The van der Waals surface area contributed by atoms with Gasteiger partial charge in [-0.1, -0.05) is 27.7 Å². The summed E-state index contributed by atoms with van der Waals surface area (Å²) < 4.78 is 11.6. The maximum Gasteiger partial charge on any atom is 0.341 e. The number of hydrogen-bond donors (Lipinski definition) is 2. The first-order valence-electron chi connectivity index (χ1n) is 12.9. The zero-order valence-electron chi connectivity index (χ0n) is 22.9. The van der Waals surface area contributed by atoms with Gasteiger partial charge in [0.1, 0.15) is 0 Å². The number of carbonyl (C=O) groups is 4. The number of ketones is 2. The van der Waals surface area contributed by atoms with Crippen molar-refractivity contribution < 1.29 is 38.9 Å². The van der Waals surface area contributed by atoms with Crippen LogP contribution in [0.2, 0.25) is 0 Å². The molecule has 0 saturated carbocycles. The summed E-state index contributed by atoms with van der Waals surface area (Å²) in [5.74, 6) is -2.24. The van der Waals surface area contributed by atoms with Gasteiger partial charge in [-0.3, -0.25) is 14.4 Å². The summed E-state index contributed by atoms with van der Waals surface area (Å²) in [4.78, 5) is 52.4. The number of carboxylic acids is 2. The Hall–Kier alpha value is -2.89. The normalized spacial score (nSPS) is 20.5. The molecule has 0 atom stereocenters. The summed E-state index contributed by atoms with van der Waals surface area (Å²) in [5, 5.41) is 18.6. The quantitative estimate of drug-likeness (QED) is 0.376. The summed E-state index contributed by atoms with van der Waals surface area (Å²) in [6.45, 7) is 7.74. The first-order valence-corrected chi connectivity index (χ1v) is 14.0. The first-order chi connectivity index (χ1) is 18.1. The molecule has 39 heavy (non-hydrogen) atoms. The van der Waals surface area contributed by atoms with Crippen LogP contribution in [-0.4, -0.2) is 58.9 Å². The molecule has 2 N–H and O–H groups in total. The molecule has 1 aromatic rings. The second-order valence-electron chi connectivity index (χ2n) is 12.0. The van der Waals surface area contributed by atoms with Crippen LogP contribution in [0, 0.1) is 14.4 Å². The van der Waals surface area contributed by atoms with Crippen molar-refractivity contribution in [3.63, 3.8) is 0 Å². The molecule has 0 saturated heterocycles. The molecule has 1 aliphatic heterocycles. The maximum absolute atomic E-state index is 13.8. The number of hydrogen-bond acceptors (Lipinski definition) is 7. The fourth-order valence-corrected chi connectivity index (χ4v) is 6.82. The van der Waals surface area contributed by atoms with Crippen molar-refractivity contribution in [1.29, 1.82) is 0 Å². The van der Waals surface area contributed by atoms with Crippen molar-refractivity contribution >= 4 is 46.1 Å². The summed E-state index contributed by atoms with van der Waals surface area (Å²) in [5.41, 5.74) is 2.66. The number of Topliss-reactive ketones (excluding diaryl/α,β-unsaturated/α-hetero) is 2. The fraction of sp³-hybridized carbons (Fsp3) is 0.517. The Kier molecular flexibility index (Phi) is 7.90. The summed E-state index contributed by atoms with van der Waals surface area (Å²) >= 11 is 2.04. The third kappa shape index (κ3) is 5.85. The lowest BCUT2D eigenvalue weighted by Gasteiger charge is -2.49. The van der Waals surface area contributed by atoms with Crippen LogP contribution in [0.25, 0.3) is 0 Å². The number of rotatable bonds is 8. The molecule has 10 heteroatoms. The van der Waals surface area contributed by atoms with Gasteiger partial charge in [-0.2, -0.15) is 0 Å². The molecule has 4 rings (SSSR count). The molecule has 0 unspecified atom stereocenters. The maximum atomic E-state index is 13.8. The number of halogens is 1. The molecule has 0 spiro atoms. The van der Waals surface area contributed by atoms with Gasteiger partial charge < -0.3 is 24.6 Å². The van der Waals surface area contributed by atoms with Gasteiger partial charge in [0.15, 0.2) is 29.7 Å². The van der Waals surface area contributed by atoms with E-state index in [1.54, 1.807) is 6.07 Å². The van der Waals surface area contributed by atoms with Gasteiger partial charge in [-0.25, -0.2) is 4.79 Å². The van der Waals surface area contributed by atoms with Crippen LogP contribution in [0.1, 0.15) is 71.3 Å². The van der Waals surface area contributed by atoms with Crippen molar-refractivity contribution in [3.05, 3.63) is 43.8 Å². The lowest BCUT2D eigenvalue weighted by atomic mass is 9.63. The Balaban J connectivity index is 1.97. The number of benzene rings is 1. The molecule has 210 valence electrons. The van der Waals surface area contributed by atoms with E-state index in [-0.39, 0.29) is 41.1 Å². The highest BCUT2D eigenvalue weighted by Gasteiger charge is 2.49. The number of carboxylic acid groups (broad SMARTS) is 2. The lowest BCUT2D eigenvalue weighted by molar-refractivity contribution is -0.139. The van der Waals surface area contributed by atoms with Gasteiger partial charge in [0.05, 0.1) is 17.1 Å². The summed E-state index contributed by atoms with van der Waals surface area (Å²) in [6, 6.07) is 3.53. The second-order valence-corrected chi connectivity index (χ2v) is 13.2. The zero-order chi connectivity index (χ0) is 28.9. The van der Waals surface area contributed by atoms with E-state index in [1.807, 2.05) is 61.3 Å². The van der Waals surface area contributed by atoms with E-state index < -0.39 is 24.5 Å². The van der Waals surface area contributed by atoms with Crippen molar-refractivity contribution in [1.82, 2.24) is 4.90 Å². The first kappa shape index (κ1) is 29.1. The smallest absolute Gasteiger partial charge is 0.341 e. The number of allylic oxidation sites excluding steroid dienone is 4. The molecule has 2 aliphatic carbocycles. The minimum Gasteiger partial charge on any atom is -0.493 e. The molecular formula is C29H34INO8. The van der Waals surface area contributed by atoms with E-state index >= 15 is 0 Å². The van der Waals surface area contributed by atoms with Crippen LogP contribution in [0.15, 0.2) is 34.7 Å². The summed E-state index contributed by atoms with van der Waals surface area (Å²) in [6.07, 6.45) is 1.65. The molecule has 1 aromatic carbocycles. The highest BCUT2D eigenvalue weighted by molar-refractivity contribution is 14.1. The average Bonchev–Trinajstić information content (AvgIpc) is 2.79. The van der Waals surface area contributed by atoms with Gasteiger partial charge in [-0.05, 0) is 64.0 Å². The van der Waals surface area contributed by atoms with Crippen LogP contribution >= 0.6 is 22.6 Å². The Labute approximate surface area is 241 Å². The van der Waals surface area contributed by atoms with Crippen molar-refractivity contribution in [2.24, 2.45) is 10.8 Å². The molecule has 1 heterocycles. The Bertz CT molecular complexity index is 1270. The topological polar surface area (TPSA) is 130 Å². The standard InChI is InChI=1S/C29H34INO8/c1-28(2)10-17-25(19(32)12-28)24(15-8-16(30)27(21(9-15)38-5)39-14-23(36)37)26-18(31(17)7-6-22(34)35)11-29(3,4)13-20(26)33/h8-9,24H,6-7,10-14H2,1-5H3,(H,34,35)(H,36,37). The van der Waals surface area contributed by atoms with Crippen LogP contribution < -0.4 is 9.47 Å². The molecular weight excluding hydrogens is 617 g/mol. The Morgan fingerprint density at radius 1 is 0.949 bits per heavy atom. The molecule has 0 aromatic heterocycles. The van der Waals surface area contributed by atoms with Crippen molar-refractivity contribution in [2.75, 3.05) is 20.3 Å². The molecule has 0 radical (unpaired) electrons. The van der Waals surface area contributed by atoms with E-state index in [2.05, 4.69) is 0 Å². The van der Waals surface area contributed by atoms with E-state index in [0.29, 0.717) is 51.7 Å². The third-order valence-electron chi connectivity index (χ3n) is 7.50. The lowest BCUT2D eigenvalue weighted by Crippen LogP contribution is -2.45. The molecule has 9 nitrogen and oxygen atoms in total. The van der Waals surface area contributed by atoms with Crippen LogP contribution in [0.4, 0.5) is 0 Å². The average molecular weight is 651 g/mol. The zero-order valence-corrected chi connectivity index (χ0v) is 25.0. The number of ether oxygens (including phenoxy) is 2. The van der Waals surface area contributed by atoms with Crippen molar-refractivity contribution in [3.8, 4) is 11.5 Å². The van der Waals surface area contributed by atoms with E-state index in [0.717, 1.165) is 11.4 Å². The fourth-order valence-electron chi connectivity index (χ4n) is 6.04. The Morgan fingerprint density at radius 3 is 1.95 bits per heavy atom. The Morgan fingerprint density at radius 2 is 1.49 bits per heavy atom. The number of carbonyl (C=O) groups excluding carboxylic acids is 2. The van der Waals surface area contributed by atoms with Crippen LogP contribution in [0.3, 0.4) is 0 Å². The minimum absolute atomic E-state index is 0.0593. The van der Waals surface area contributed by atoms with Gasteiger partial charge in [0.2, 0.25) is 0 Å². The minimum atomic E-state index is -1.12. The second kappa shape index (κ2) is 10.6. The van der Waals surface area contributed by atoms with E-state index in [4.69, 9.17) is 14.6 Å². The third-order valence-corrected chi connectivity index (χ3v) is 8.30. The van der Waals surface area contributed by atoms with E-state index in [9.17, 15) is 24.3 Å². The monoisotopic (exact) mass is 651 g/mol. The van der Waals surface area contributed by atoms with Crippen LogP contribution in [-0.2, 0) is 19.2 Å². The van der Waals surface area contributed by atoms with Gasteiger partial charge in [-0.15, -0.1) is 0 Å². The largest absolute Gasteiger partial charge is 0.493 e. The predicted octanol–water partition coefficient (Wildman–Crippen LogP) is 4.92.